The first-order chi connectivity index (χ1) is 9.71. The molecule has 4 heteroatoms. The summed E-state index contributed by atoms with van der Waals surface area (Å²) in [7, 11) is 3.15. The fourth-order valence-electron chi connectivity index (χ4n) is 3.42. The van der Waals surface area contributed by atoms with Crippen LogP contribution in [0.5, 0.6) is 5.75 Å². The van der Waals surface area contributed by atoms with Crippen molar-refractivity contribution < 1.29 is 14.3 Å². The Balaban J connectivity index is 1.73. The second-order valence-corrected chi connectivity index (χ2v) is 5.79. The van der Waals surface area contributed by atoms with E-state index in [2.05, 4.69) is 17.0 Å². The Morgan fingerprint density at radius 2 is 1.90 bits per heavy atom. The number of methoxy groups -OCH3 is 2. The van der Waals surface area contributed by atoms with E-state index in [0.29, 0.717) is 6.04 Å². The van der Waals surface area contributed by atoms with Crippen molar-refractivity contribution in [3.63, 3.8) is 0 Å². The summed E-state index contributed by atoms with van der Waals surface area (Å²) in [4.78, 5) is 14.3. The highest BCUT2D eigenvalue weighted by Gasteiger charge is 2.46. The smallest absolute Gasteiger partial charge is 0.323 e. The molecule has 0 N–H and O–H groups in total. The summed E-state index contributed by atoms with van der Waals surface area (Å²) < 4.78 is 10.1. The zero-order chi connectivity index (χ0) is 14.1. The van der Waals surface area contributed by atoms with Crippen molar-refractivity contribution in [3.8, 4) is 5.75 Å². The van der Waals surface area contributed by atoms with Crippen LogP contribution >= 0.6 is 0 Å². The van der Waals surface area contributed by atoms with Crippen LogP contribution in [0.3, 0.4) is 0 Å². The molecule has 1 saturated carbocycles. The first kappa shape index (κ1) is 13.4. The van der Waals surface area contributed by atoms with Gasteiger partial charge >= 0.3 is 5.97 Å². The first-order valence-electron chi connectivity index (χ1n) is 7.17. The number of ether oxygens (including phenoxy) is 2. The summed E-state index contributed by atoms with van der Waals surface area (Å²) in [6.45, 7) is 0.807. The lowest BCUT2D eigenvalue weighted by molar-refractivity contribution is -0.156. The number of fused-ring (bicyclic) bond motifs is 2. The van der Waals surface area contributed by atoms with Crippen molar-refractivity contribution in [1.29, 1.82) is 0 Å². The molecule has 1 unspecified atom stereocenters. The average molecular weight is 275 g/mol. The monoisotopic (exact) mass is 275 g/mol. The van der Waals surface area contributed by atoms with Crippen LogP contribution < -0.4 is 4.74 Å². The Labute approximate surface area is 119 Å². The number of carbonyl (C=O) groups excluding carboxylic acids is 1. The van der Waals surface area contributed by atoms with Crippen LogP contribution in [0, 0.1) is 5.92 Å². The molecule has 0 amide bonds. The van der Waals surface area contributed by atoms with Gasteiger partial charge in [-0.05, 0) is 42.9 Å². The fourth-order valence-corrected chi connectivity index (χ4v) is 3.42. The summed E-state index contributed by atoms with van der Waals surface area (Å²) in [5, 5.41) is 0. The Kier molecular flexibility index (Phi) is 3.66. The van der Waals surface area contributed by atoms with Crippen LogP contribution in [0.4, 0.5) is 0 Å². The molecule has 2 bridgehead atoms. The van der Waals surface area contributed by atoms with Gasteiger partial charge in [-0.2, -0.15) is 0 Å². The lowest BCUT2D eigenvalue weighted by atomic mass is 9.70. The average Bonchev–Trinajstić information content (AvgIpc) is 2.46. The minimum absolute atomic E-state index is 0.0698. The molecule has 20 heavy (non-hydrogen) atoms. The number of hydrogen-bond acceptors (Lipinski definition) is 4. The van der Waals surface area contributed by atoms with Crippen molar-refractivity contribution >= 4 is 5.97 Å². The van der Waals surface area contributed by atoms with E-state index in [1.165, 1.54) is 25.5 Å². The zero-order valence-electron chi connectivity index (χ0n) is 12.0. The first-order valence-corrected chi connectivity index (χ1v) is 7.17. The maximum absolute atomic E-state index is 12.0. The number of carbonyl (C=O) groups is 1. The summed E-state index contributed by atoms with van der Waals surface area (Å²) in [6, 6.07) is 8.54. The number of piperidine rings is 2. The van der Waals surface area contributed by atoms with Gasteiger partial charge in [-0.25, -0.2) is 0 Å². The largest absolute Gasteiger partial charge is 0.497 e. The predicted molar refractivity (Wildman–Crippen MR) is 75.5 cm³/mol. The summed E-state index contributed by atoms with van der Waals surface area (Å²) in [6.07, 6.45) is 3.40. The number of nitrogens with zero attached hydrogens (tertiary/aromatic N) is 1. The quantitative estimate of drug-likeness (QED) is 0.790. The third kappa shape index (κ3) is 2.40. The van der Waals surface area contributed by atoms with Crippen molar-refractivity contribution in [2.75, 3.05) is 14.2 Å². The Hall–Kier alpha value is -1.55. The highest BCUT2D eigenvalue weighted by molar-refractivity contribution is 5.76. The second-order valence-electron chi connectivity index (χ2n) is 5.79. The number of rotatable bonds is 4. The molecule has 3 aliphatic rings. The van der Waals surface area contributed by atoms with E-state index in [0.717, 1.165) is 24.6 Å². The van der Waals surface area contributed by atoms with Gasteiger partial charge in [0.05, 0.1) is 14.2 Å². The normalized spacial score (nSPS) is 28.6. The minimum Gasteiger partial charge on any atom is -0.497 e. The van der Waals surface area contributed by atoms with Crippen LogP contribution in [0.15, 0.2) is 24.3 Å². The van der Waals surface area contributed by atoms with E-state index < -0.39 is 0 Å². The molecular weight excluding hydrogens is 254 g/mol. The van der Waals surface area contributed by atoms with Crippen molar-refractivity contribution in [2.45, 2.75) is 37.9 Å². The lowest BCUT2D eigenvalue weighted by Crippen LogP contribution is -2.59. The maximum atomic E-state index is 12.0. The van der Waals surface area contributed by atoms with E-state index in [9.17, 15) is 4.79 Å². The highest BCUT2D eigenvalue weighted by atomic mass is 16.5. The van der Waals surface area contributed by atoms with Crippen molar-refractivity contribution in [3.05, 3.63) is 29.8 Å². The van der Waals surface area contributed by atoms with Gasteiger partial charge in [0.15, 0.2) is 0 Å². The SMILES string of the molecule is COC(=O)C1CC2CC(C2)N1Cc1ccc(OC)cc1. The molecular formula is C16H21NO3. The zero-order valence-corrected chi connectivity index (χ0v) is 12.0. The van der Waals surface area contributed by atoms with Gasteiger partial charge < -0.3 is 9.47 Å². The Morgan fingerprint density at radius 3 is 2.50 bits per heavy atom. The topological polar surface area (TPSA) is 38.8 Å². The molecule has 0 radical (unpaired) electrons. The van der Waals surface area contributed by atoms with Gasteiger partial charge in [-0.3, -0.25) is 9.69 Å². The van der Waals surface area contributed by atoms with Gasteiger partial charge in [-0.15, -0.1) is 0 Å². The van der Waals surface area contributed by atoms with Crippen LogP contribution in [-0.4, -0.2) is 37.2 Å². The molecule has 108 valence electrons. The molecule has 2 saturated heterocycles. The van der Waals surface area contributed by atoms with E-state index in [1.54, 1.807) is 7.11 Å². The number of hydrogen-bond donors (Lipinski definition) is 0. The van der Waals surface area contributed by atoms with Gasteiger partial charge in [0, 0.05) is 12.6 Å². The third-order valence-corrected chi connectivity index (χ3v) is 4.63. The van der Waals surface area contributed by atoms with Crippen LogP contribution in [-0.2, 0) is 16.1 Å². The van der Waals surface area contributed by atoms with E-state index in [1.807, 2.05) is 12.1 Å². The summed E-state index contributed by atoms with van der Waals surface area (Å²) >= 11 is 0. The van der Waals surface area contributed by atoms with Gasteiger partial charge in [0.25, 0.3) is 0 Å². The summed E-state index contributed by atoms with van der Waals surface area (Å²) in [5.41, 5.74) is 1.21. The lowest BCUT2D eigenvalue weighted by Gasteiger charge is -2.52. The second kappa shape index (κ2) is 5.44. The van der Waals surface area contributed by atoms with Crippen LogP contribution in [0.25, 0.3) is 0 Å². The summed E-state index contributed by atoms with van der Waals surface area (Å²) in [5.74, 6) is 1.49. The molecule has 2 heterocycles. The van der Waals surface area contributed by atoms with E-state index in [-0.39, 0.29) is 12.0 Å². The van der Waals surface area contributed by atoms with E-state index >= 15 is 0 Å². The third-order valence-electron chi connectivity index (χ3n) is 4.63. The molecule has 3 fully saturated rings. The number of benzene rings is 1. The standard InChI is InChI=1S/C16H21NO3/c1-19-14-5-3-11(4-6-14)10-17-13-7-12(8-13)9-15(17)16(18)20-2/h3-6,12-13,15H,7-10H2,1-2H3. The van der Waals surface area contributed by atoms with Crippen LogP contribution in [0.1, 0.15) is 24.8 Å². The van der Waals surface area contributed by atoms with Gasteiger partial charge in [0.2, 0.25) is 0 Å². The molecule has 0 aromatic heterocycles. The molecule has 1 aromatic rings. The van der Waals surface area contributed by atoms with E-state index in [4.69, 9.17) is 9.47 Å². The predicted octanol–water partition coefficient (Wildman–Crippen LogP) is 2.22. The number of esters is 1. The molecule has 2 aliphatic heterocycles. The van der Waals surface area contributed by atoms with Gasteiger partial charge in [0.1, 0.15) is 11.8 Å². The Bertz CT molecular complexity index is 479. The van der Waals surface area contributed by atoms with Crippen molar-refractivity contribution in [2.24, 2.45) is 5.92 Å². The fraction of sp³-hybridized carbons (Fsp3) is 0.562. The maximum Gasteiger partial charge on any atom is 0.323 e. The molecule has 4 rings (SSSR count). The molecule has 4 nitrogen and oxygen atoms in total. The molecule has 1 aromatic carbocycles. The minimum atomic E-state index is -0.0899. The highest BCUT2D eigenvalue weighted by Crippen LogP contribution is 2.43. The van der Waals surface area contributed by atoms with Crippen LogP contribution in [0.2, 0.25) is 0 Å². The Morgan fingerprint density at radius 1 is 1.20 bits per heavy atom. The molecule has 0 spiro atoms. The molecule has 1 atom stereocenters. The molecule has 1 aliphatic carbocycles. The van der Waals surface area contributed by atoms with Crippen molar-refractivity contribution in [1.82, 2.24) is 4.90 Å². The van der Waals surface area contributed by atoms with Gasteiger partial charge in [-0.1, -0.05) is 12.1 Å².